The number of nitrogens with one attached hydrogen (secondary N) is 1. The molecule has 3 rings (SSSR count). The summed E-state index contributed by atoms with van der Waals surface area (Å²) in [5, 5.41) is 14.0. The summed E-state index contributed by atoms with van der Waals surface area (Å²) < 4.78 is 14.3. The molecule has 0 saturated heterocycles. The normalized spacial score (nSPS) is 10.9. The molecule has 6 heteroatoms. The lowest BCUT2D eigenvalue weighted by Crippen LogP contribution is -2.12. The highest BCUT2D eigenvalue weighted by molar-refractivity contribution is 6.31. The number of hydrogen-bond donors (Lipinski definition) is 1. The average molecular weight is 369 g/mol. The third-order valence-corrected chi connectivity index (χ3v) is 4.26. The number of benzene rings is 2. The largest absolute Gasteiger partial charge is 0.379 e. The van der Waals surface area contributed by atoms with Crippen LogP contribution >= 0.6 is 11.6 Å². The lowest BCUT2D eigenvalue weighted by Gasteiger charge is -2.14. The van der Waals surface area contributed by atoms with Crippen LogP contribution in [0.3, 0.4) is 0 Å². The second-order valence-electron chi connectivity index (χ2n) is 6.34. The molecule has 4 nitrogen and oxygen atoms in total. The summed E-state index contributed by atoms with van der Waals surface area (Å²) in [6, 6.07) is 12.7. The molecular formula is C20H18ClFN4. The molecule has 0 spiro atoms. The first-order chi connectivity index (χ1) is 12.5. The Hall–Kier alpha value is -2.68. The van der Waals surface area contributed by atoms with Gasteiger partial charge in [0.1, 0.15) is 11.9 Å². The van der Waals surface area contributed by atoms with Gasteiger partial charge in [0.15, 0.2) is 0 Å². The molecule has 0 radical (unpaired) electrons. The zero-order chi connectivity index (χ0) is 18.7. The Morgan fingerprint density at radius 1 is 1.23 bits per heavy atom. The fourth-order valence-electron chi connectivity index (χ4n) is 2.80. The predicted molar refractivity (Wildman–Crippen MR) is 103 cm³/mol. The molecule has 26 heavy (non-hydrogen) atoms. The van der Waals surface area contributed by atoms with Gasteiger partial charge in [-0.05, 0) is 43.9 Å². The molecule has 0 unspecified atom stereocenters. The molecule has 1 aromatic heterocycles. The lowest BCUT2D eigenvalue weighted by atomic mass is 10.1. The van der Waals surface area contributed by atoms with Gasteiger partial charge in [0, 0.05) is 35.3 Å². The van der Waals surface area contributed by atoms with Gasteiger partial charge in [-0.2, -0.15) is 5.26 Å². The van der Waals surface area contributed by atoms with Gasteiger partial charge in [0.2, 0.25) is 0 Å². The molecule has 0 aliphatic heterocycles. The molecule has 0 saturated carbocycles. The number of nitriles is 1. The summed E-state index contributed by atoms with van der Waals surface area (Å²) in [6.45, 7) is 0.936. The van der Waals surface area contributed by atoms with Gasteiger partial charge in [0.25, 0.3) is 0 Å². The second-order valence-corrected chi connectivity index (χ2v) is 6.77. The highest BCUT2D eigenvalue weighted by Crippen LogP contribution is 2.28. The first-order valence-corrected chi connectivity index (χ1v) is 8.50. The Labute approximate surface area is 156 Å². The number of nitrogens with zero attached hydrogens (tertiary/aromatic N) is 3. The van der Waals surface area contributed by atoms with Gasteiger partial charge in [-0.25, -0.2) is 4.39 Å². The van der Waals surface area contributed by atoms with Crippen molar-refractivity contribution in [3.63, 3.8) is 0 Å². The maximum absolute atomic E-state index is 14.3. The number of anilines is 1. The van der Waals surface area contributed by atoms with Gasteiger partial charge < -0.3 is 10.2 Å². The van der Waals surface area contributed by atoms with E-state index in [4.69, 9.17) is 11.6 Å². The minimum atomic E-state index is -0.235. The molecule has 0 amide bonds. The molecule has 0 bridgehead atoms. The Kier molecular flexibility index (Phi) is 5.36. The maximum Gasteiger partial charge on any atom is 0.128 e. The van der Waals surface area contributed by atoms with E-state index in [0.717, 1.165) is 16.5 Å². The van der Waals surface area contributed by atoms with Crippen molar-refractivity contribution in [3.05, 3.63) is 70.1 Å². The van der Waals surface area contributed by atoms with Crippen LogP contribution in [-0.4, -0.2) is 24.0 Å². The van der Waals surface area contributed by atoms with E-state index in [2.05, 4.69) is 16.4 Å². The monoisotopic (exact) mass is 368 g/mol. The summed E-state index contributed by atoms with van der Waals surface area (Å²) in [5.41, 5.74) is 3.25. The molecule has 3 aromatic rings. The third kappa shape index (κ3) is 3.93. The number of fused-ring (bicyclic) bond motifs is 1. The molecule has 0 aliphatic carbocycles. The fraction of sp³-hybridized carbons (Fsp3) is 0.200. The van der Waals surface area contributed by atoms with E-state index in [9.17, 15) is 9.65 Å². The number of aromatic nitrogens is 1. The highest BCUT2D eigenvalue weighted by Gasteiger charge is 2.10. The summed E-state index contributed by atoms with van der Waals surface area (Å²) in [4.78, 5) is 6.20. The number of rotatable bonds is 5. The van der Waals surface area contributed by atoms with Crippen LogP contribution in [-0.2, 0) is 13.1 Å². The quantitative estimate of drug-likeness (QED) is 0.716. The number of hydrogen-bond acceptors (Lipinski definition) is 4. The van der Waals surface area contributed by atoms with Gasteiger partial charge in [-0.3, -0.25) is 4.98 Å². The van der Waals surface area contributed by atoms with Gasteiger partial charge in [-0.15, -0.1) is 0 Å². The second kappa shape index (κ2) is 7.69. The van der Waals surface area contributed by atoms with E-state index in [1.807, 2.05) is 25.1 Å². The number of halogens is 2. The van der Waals surface area contributed by atoms with Crippen molar-refractivity contribution < 1.29 is 4.39 Å². The van der Waals surface area contributed by atoms with E-state index in [1.54, 1.807) is 24.3 Å². The standard InChI is InChI=1S/C20H18ClFN4/c1-26(2)12-14-4-3-13(7-18(14)22)10-25-20-15(9-23)11-24-19-6-5-16(21)8-17(19)20/h3-8,11H,10,12H2,1-2H3,(H,24,25). The van der Waals surface area contributed by atoms with Crippen molar-refractivity contribution in [2.75, 3.05) is 19.4 Å². The van der Waals surface area contributed by atoms with Crippen molar-refractivity contribution in [2.24, 2.45) is 0 Å². The highest BCUT2D eigenvalue weighted by atomic mass is 35.5. The van der Waals surface area contributed by atoms with Gasteiger partial charge in [-0.1, -0.05) is 23.7 Å². The van der Waals surface area contributed by atoms with Crippen molar-refractivity contribution in [2.45, 2.75) is 13.1 Å². The molecule has 2 aromatic carbocycles. The van der Waals surface area contributed by atoms with Crippen LogP contribution in [0.4, 0.5) is 10.1 Å². The van der Waals surface area contributed by atoms with Crippen molar-refractivity contribution >= 4 is 28.2 Å². The maximum atomic E-state index is 14.3. The minimum absolute atomic E-state index is 0.235. The molecule has 132 valence electrons. The first kappa shape index (κ1) is 18.1. The summed E-state index contributed by atoms with van der Waals surface area (Å²) >= 11 is 6.09. The SMILES string of the molecule is CN(C)Cc1ccc(CNc2c(C#N)cnc3ccc(Cl)cc23)cc1F. The summed E-state index contributed by atoms with van der Waals surface area (Å²) in [5.74, 6) is -0.235. The van der Waals surface area contributed by atoms with Crippen LogP contribution in [0.25, 0.3) is 10.9 Å². The molecule has 0 aliphatic rings. The number of pyridine rings is 1. The van der Waals surface area contributed by atoms with E-state index in [-0.39, 0.29) is 5.82 Å². The van der Waals surface area contributed by atoms with Crippen molar-refractivity contribution in [1.29, 1.82) is 5.26 Å². The van der Waals surface area contributed by atoms with Gasteiger partial charge in [0.05, 0.1) is 16.8 Å². The molecule has 1 N–H and O–H groups in total. The Morgan fingerprint density at radius 2 is 2.04 bits per heavy atom. The van der Waals surface area contributed by atoms with Crippen LogP contribution in [0.1, 0.15) is 16.7 Å². The lowest BCUT2D eigenvalue weighted by molar-refractivity contribution is 0.392. The fourth-order valence-corrected chi connectivity index (χ4v) is 2.97. The van der Waals surface area contributed by atoms with Crippen LogP contribution in [0.2, 0.25) is 5.02 Å². The van der Waals surface area contributed by atoms with E-state index in [1.165, 1.54) is 12.3 Å². The van der Waals surface area contributed by atoms with E-state index in [0.29, 0.717) is 34.9 Å². The van der Waals surface area contributed by atoms with Crippen molar-refractivity contribution in [1.82, 2.24) is 9.88 Å². The predicted octanol–water partition coefficient (Wildman–Crippen LogP) is 4.57. The summed E-state index contributed by atoms with van der Waals surface area (Å²) in [7, 11) is 3.80. The Balaban J connectivity index is 1.89. The van der Waals surface area contributed by atoms with Crippen LogP contribution in [0.5, 0.6) is 0 Å². The summed E-state index contributed by atoms with van der Waals surface area (Å²) in [6.07, 6.45) is 1.53. The zero-order valence-corrected chi connectivity index (χ0v) is 15.3. The van der Waals surface area contributed by atoms with Crippen molar-refractivity contribution in [3.8, 4) is 6.07 Å². The topological polar surface area (TPSA) is 52.0 Å². The molecule has 0 fully saturated rings. The Bertz CT molecular complexity index is 995. The van der Waals surface area contributed by atoms with E-state index < -0.39 is 0 Å². The first-order valence-electron chi connectivity index (χ1n) is 8.12. The molecular weight excluding hydrogens is 351 g/mol. The van der Waals surface area contributed by atoms with Crippen LogP contribution in [0, 0.1) is 17.1 Å². The van der Waals surface area contributed by atoms with Crippen LogP contribution in [0.15, 0.2) is 42.6 Å². The minimum Gasteiger partial charge on any atom is -0.379 e. The Morgan fingerprint density at radius 3 is 2.73 bits per heavy atom. The van der Waals surface area contributed by atoms with Crippen LogP contribution < -0.4 is 5.32 Å². The average Bonchev–Trinajstić information content (AvgIpc) is 2.61. The smallest absolute Gasteiger partial charge is 0.128 e. The zero-order valence-electron chi connectivity index (χ0n) is 14.6. The third-order valence-electron chi connectivity index (χ3n) is 4.02. The van der Waals surface area contributed by atoms with Gasteiger partial charge >= 0.3 is 0 Å². The molecule has 1 heterocycles. The van der Waals surface area contributed by atoms with E-state index >= 15 is 0 Å². The molecule has 0 atom stereocenters.